The summed E-state index contributed by atoms with van der Waals surface area (Å²) in [5.74, 6) is -0.181. The van der Waals surface area contributed by atoms with Crippen LogP contribution in [0, 0.1) is 10.1 Å². The molecular formula is C23H33NO7Si. The number of hydrogen-bond acceptors (Lipinski definition) is 7. The van der Waals surface area contributed by atoms with Crippen LogP contribution < -0.4 is 0 Å². The van der Waals surface area contributed by atoms with E-state index in [1.807, 2.05) is 0 Å². The molecule has 2 rings (SSSR count). The lowest BCUT2D eigenvalue weighted by Gasteiger charge is -2.41. The van der Waals surface area contributed by atoms with Crippen molar-refractivity contribution in [2.24, 2.45) is 0 Å². The maximum absolute atomic E-state index is 12.4. The van der Waals surface area contributed by atoms with Crippen molar-refractivity contribution in [2.75, 3.05) is 0 Å². The predicted molar refractivity (Wildman–Crippen MR) is 123 cm³/mol. The first kappa shape index (κ1) is 25.8. The highest BCUT2D eigenvalue weighted by molar-refractivity contribution is 6.77. The van der Waals surface area contributed by atoms with E-state index in [-0.39, 0.29) is 35.8 Å². The second-order valence-corrected chi connectivity index (χ2v) is 14.2. The number of carbonyl (C=O) groups excluding carboxylic acids is 1. The molecule has 32 heavy (non-hydrogen) atoms. The van der Waals surface area contributed by atoms with Crippen molar-refractivity contribution in [1.82, 2.24) is 0 Å². The molecule has 2 aromatic rings. The number of carbonyl (C=O) groups is 1. The smallest absolute Gasteiger partial charge is 0.374 e. The van der Waals surface area contributed by atoms with Crippen molar-refractivity contribution in [1.29, 1.82) is 0 Å². The first-order chi connectivity index (χ1) is 15.0. The Bertz CT molecular complexity index is 914. The number of rotatable bonds is 11. The van der Waals surface area contributed by atoms with Gasteiger partial charge in [0, 0.05) is 0 Å². The van der Waals surface area contributed by atoms with Gasteiger partial charge >= 0.3 is 5.97 Å². The minimum atomic E-state index is -2.07. The fourth-order valence-electron chi connectivity index (χ4n) is 4.60. The van der Waals surface area contributed by atoms with Crippen molar-refractivity contribution < 1.29 is 28.4 Å². The second-order valence-electron chi connectivity index (χ2n) is 8.79. The molecule has 9 heteroatoms. The highest BCUT2D eigenvalue weighted by Crippen LogP contribution is 2.42. The van der Waals surface area contributed by atoms with E-state index in [0.29, 0.717) is 22.4 Å². The molecular weight excluding hydrogens is 430 g/mol. The maximum Gasteiger partial charge on any atom is 0.374 e. The minimum Gasteiger partial charge on any atom is -0.455 e. The molecule has 0 amide bonds. The number of ether oxygens (including phenoxy) is 1. The first-order valence-corrected chi connectivity index (χ1v) is 12.9. The zero-order valence-corrected chi connectivity index (χ0v) is 20.6. The molecule has 1 heterocycles. The number of hydrogen-bond donors (Lipinski definition) is 1. The zero-order valence-electron chi connectivity index (χ0n) is 19.6. The minimum absolute atomic E-state index is 0.00970. The molecule has 1 aromatic heterocycles. The summed E-state index contributed by atoms with van der Waals surface area (Å²) in [4.78, 5) is 23.2. The third-order valence-electron chi connectivity index (χ3n) is 5.95. The van der Waals surface area contributed by atoms with E-state index in [9.17, 15) is 20.0 Å². The van der Waals surface area contributed by atoms with E-state index in [1.165, 1.54) is 18.2 Å². The number of benzene rings is 1. The number of nitro groups is 1. The number of para-hydroxylation sites is 1. The average molecular weight is 464 g/mol. The largest absolute Gasteiger partial charge is 0.455 e. The van der Waals surface area contributed by atoms with Crippen LogP contribution in [-0.2, 0) is 29.0 Å². The van der Waals surface area contributed by atoms with Crippen molar-refractivity contribution in [3.63, 3.8) is 0 Å². The van der Waals surface area contributed by atoms with Crippen LogP contribution in [0.2, 0.25) is 16.6 Å². The number of nitro benzene ring substituents is 1. The summed E-state index contributed by atoms with van der Waals surface area (Å²) in [6.45, 7) is 12.7. The van der Waals surface area contributed by atoms with Crippen LogP contribution in [0.1, 0.15) is 69.0 Å². The van der Waals surface area contributed by atoms with Crippen LogP contribution in [0.5, 0.6) is 0 Å². The normalized spacial score (nSPS) is 12.1. The lowest BCUT2D eigenvalue weighted by molar-refractivity contribution is -0.386. The molecule has 176 valence electrons. The Morgan fingerprint density at radius 3 is 2.16 bits per heavy atom. The molecule has 1 aromatic carbocycles. The van der Waals surface area contributed by atoms with Gasteiger partial charge in [0.25, 0.3) is 5.69 Å². The molecule has 0 bridgehead atoms. The van der Waals surface area contributed by atoms with Gasteiger partial charge in [-0.1, -0.05) is 47.6 Å². The van der Waals surface area contributed by atoms with E-state index >= 15 is 0 Å². The molecule has 0 saturated heterocycles. The predicted octanol–water partition coefficient (Wildman–Crippen LogP) is 5.73. The van der Waals surface area contributed by atoms with E-state index < -0.39 is 25.8 Å². The van der Waals surface area contributed by atoms with Gasteiger partial charge in [0.1, 0.15) is 12.4 Å². The van der Waals surface area contributed by atoms with Gasteiger partial charge in [-0.05, 0) is 40.9 Å². The van der Waals surface area contributed by atoms with Gasteiger partial charge in [0.15, 0.2) is 0 Å². The first-order valence-electron chi connectivity index (χ1n) is 10.8. The summed E-state index contributed by atoms with van der Waals surface area (Å²) in [7, 11) is -2.07. The number of esters is 1. The summed E-state index contributed by atoms with van der Waals surface area (Å²) in [5.41, 5.74) is 1.38. The maximum atomic E-state index is 12.4. The van der Waals surface area contributed by atoms with Crippen LogP contribution in [0.15, 0.2) is 34.7 Å². The van der Waals surface area contributed by atoms with Gasteiger partial charge in [-0.2, -0.15) is 0 Å². The standard InChI is InChI=1S/C23H33NO7Si/c1-15(2)32(16(3)4,17(5)6)30-14-20-10-11-21(31-20)23(26)29-13-19-9-7-8-18(12-25)22(19)24(27)28/h7-11,15-17,25H,12-14H2,1-6H3. The summed E-state index contributed by atoms with van der Waals surface area (Å²) < 4.78 is 17.4. The quantitative estimate of drug-likeness (QED) is 0.196. The zero-order chi connectivity index (χ0) is 24.1. The Labute approximate surface area is 189 Å². The Morgan fingerprint density at radius 2 is 1.62 bits per heavy atom. The van der Waals surface area contributed by atoms with Crippen LogP contribution in [0.4, 0.5) is 5.69 Å². The highest BCUT2D eigenvalue weighted by Gasteiger charge is 2.45. The SMILES string of the molecule is CC(C)[Si](OCc1ccc(C(=O)OCc2cccc(CO)c2[N+](=O)[O-])o1)(C(C)C)C(C)C. The third kappa shape index (κ3) is 5.46. The third-order valence-corrected chi connectivity index (χ3v) is 12.0. The summed E-state index contributed by atoms with van der Waals surface area (Å²) in [6, 6.07) is 7.71. The Hall–Kier alpha value is -2.49. The molecule has 0 aliphatic carbocycles. The molecule has 0 atom stereocenters. The van der Waals surface area contributed by atoms with Crippen molar-refractivity contribution in [3.05, 3.63) is 63.1 Å². The Kier molecular flexibility index (Phi) is 8.77. The lowest BCUT2D eigenvalue weighted by Crippen LogP contribution is -2.47. The fourth-order valence-corrected chi connectivity index (χ4v) is 9.99. The molecule has 0 aliphatic heterocycles. The molecule has 0 spiro atoms. The Morgan fingerprint density at radius 1 is 1.03 bits per heavy atom. The van der Waals surface area contributed by atoms with E-state index in [0.717, 1.165) is 0 Å². The van der Waals surface area contributed by atoms with Crippen molar-refractivity contribution in [2.45, 2.75) is 78.0 Å². The number of aliphatic hydroxyl groups excluding tert-OH is 1. The number of nitrogens with zero attached hydrogens (tertiary/aromatic N) is 1. The van der Waals surface area contributed by atoms with Crippen LogP contribution >= 0.6 is 0 Å². The topological polar surface area (TPSA) is 112 Å². The fraction of sp³-hybridized carbons (Fsp3) is 0.522. The molecule has 0 saturated carbocycles. The van der Waals surface area contributed by atoms with E-state index in [2.05, 4.69) is 41.5 Å². The molecule has 0 aliphatic rings. The van der Waals surface area contributed by atoms with Crippen molar-refractivity contribution >= 4 is 20.0 Å². The summed E-state index contributed by atoms with van der Waals surface area (Å²) in [5, 5.41) is 20.7. The lowest BCUT2D eigenvalue weighted by atomic mass is 10.1. The van der Waals surface area contributed by atoms with Crippen LogP contribution in [-0.4, -0.2) is 24.3 Å². The Balaban J connectivity index is 2.09. The van der Waals surface area contributed by atoms with Gasteiger partial charge in [0.2, 0.25) is 14.1 Å². The summed E-state index contributed by atoms with van der Waals surface area (Å²) >= 11 is 0. The second kappa shape index (κ2) is 10.9. The van der Waals surface area contributed by atoms with Crippen molar-refractivity contribution in [3.8, 4) is 0 Å². The molecule has 1 N–H and O–H groups in total. The van der Waals surface area contributed by atoms with Gasteiger partial charge in [-0.25, -0.2) is 4.79 Å². The average Bonchev–Trinajstić information content (AvgIpc) is 3.20. The van der Waals surface area contributed by atoms with Gasteiger partial charge in [-0.15, -0.1) is 0 Å². The molecule has 8 nitrogen and oxygen atoms in total. The van der Waals surface area contributed by atoms with E-state index in [1.54, 1.807) is 12.1 Å². The summed E-state index contributed by atoms with van der Waals surface area (Å²) in [6.07, 6.45) is 0. The monoisotopic (exact) mass is 463 g/mol. The van der Waals surface area contributed by atoms with Crippen LogP contribution in [0.25, 0.3) is 0 Å². The highest BCUT2D eigenvalue weighted by atomic mass is 28.4. The van der Waals surface area contributed by atoms with Gasteiger partial charge in [0.05, 0.1) is 29.3 Å². The number of aliphatic hydroxyl groups is 1. The van der Waals surface area contributed by atoms with Crippen LogP contribution in [0.3, 0.4) is 0 Å². The molecule has 0 radical (unpaired) electrons. The number of furan rings is 1. The molecule has 0 unspecified atom stereocenters. The molecule has 0 fully saturated rings. The van der Waals surface area contributed by atoms with Gasteiger partial charge < -0.3 is 18.7 Å². The van der Waals surface area contributed by atoms with Gasteiger partial charge in [-0.3, -0.25) is 10.1 Å². The van der Waals surface area contributed by atoms with E-state index in [4.69, 9.17) is 13.6 Å².